The molecule has 0 saturated heterocycles. The Bertz CT molecular complexity index is 1450. The van der Waals surface area contributed by atoms with Crippen LogP contribution in [0.4, 0.5) is 5.69 Å². The molecular formula is C30H34BrCl2N3O4S. The number of amides is 2. The van der Waals surface area contributed by atoms with Crippen LogP contribution in [0.1, 0.15) is 44.7 Å². The lowest BCUT2D eigenvalue weighted by atomic mass is 10.1. The predicted octanol–water partition coefficient (Wildman–Crippen LogP) is 6.98. The van der Waals surface area contributed by atoms with Crippen molar-refractivity contribution in [2.75, 3.05) is 10.8 Å². The summed E-state index contributed by atoms with van der Waals surface area (Å²) in [7, 11) is -4.16. The summed E-state index contributed by atoms with van der Waals surface area (Å²) in [4.78, 5) is 28.9. The summed E-state index contributed by atoms with van der Waals surface area (Å²) >= 11 is 16.3. The molecule has 0 radical (unpaired) electrons. The molecule has 2 atom stereocenters. The van der Waals surface area contributed by atoms with Gasteiger partial charge in [-0.2, -0.15) is 0 Å². The van der Waals surface area contributed by atoms with Gasteiger partial charge in [-0.25, -0.2) is 8.42 Å². The first-order chi connectivity index (χ1) is 19.4. The topological polar surface area (TPSA) is 86.8 Å². The molecule has 220 valence electrons. The van der Waals surface area contributed by atoms with E-state index in [1.54, 1.807) is 61.5 Å². The molecule has 0 saturated carbocycles. The number of halogens is 3. The largest absolute Gasteiger partial charge is 0.352 e. The predicted molar refractivity (Wildman–Crippen MR) is 169 cm³/mol. The molecule has 0 unspecified atom stereocenters. The first kappa shape index (κ1) is 32.9. The highest BCUT2D eigenvalue weighted by molar-refractivity contribution is 9.10. The van der Waals surface area contributed by atoms with Gasteiger partial charge in [-0.1, -0.05) is 76.7 Å². The Hall–Kier alpha value is -2.59. The normalized spacial score (nSPS) is 12.9. The first-order valence-electron chi connectivity index (χ1n) is 13.3. The number of hydrogen-bond acceptors (Lipinski definition) is 4. The van der Waals surface area contributed by atoms with E-state index in [9.17, 15) is 18.0 Å². The fraction of sp³-hybridized carbons (Fsp3) is 0.333. The number of aryl methyl sites for hydroxylation is 1. The molecule has 0 aliphatic rings. The zero-order valence-electron chi connectivity index (χ0n) is 23.4. The zero-order chi connectivity index (χ0) is 30.3. The van der Waals surface area contributed by atoms with Crippen molar-refractivity contribution in [3.05, 3.63) is 92.4 Å². The van der Waals surface area contributed by atoms with Crippen LogP contribution in [0.2, 0.25) is 10.0 Å². The number of hydrogen-bond donors (Lipinski definition) is 1. The number of nitrogens with zero attached hydrogens (tertiary/aromatic N) is 2. The molecule has 1 N–H and O–H groups in total. The van der Waals surface area contributed by atoms with Crippen LogP contribution in [0, 0.1) is 6.92 Å². The van der Waals surface area contributed by atoms with E-state index in [1.807, 2.05) is 20.8 Å². The first-order valence-corrected chi connectivity index (χ1v) is 16.3. The maximum atomic E-state index is 14.2. The third kappa shape index (κ3) is 8.25. The average Bonchev–Trinajstić information content (AvgIpc) is 2.93. The minimum absolute atomic E-state index is 0.0427. The monoisotopic (exact) mass is 681 g/mol. The van der Waals surface area contributed by atoms with Gasteiger partial charge < -0.3 is 10.2 Å². The van der Waals surface area contributed by atoms with Gasteiger partial charge in [-0.05, 0) is 75.2 Å². The molecule has 0 heterocycles. The van der Waals surface area contributed by atoms with Gasteiger partial charge in [0.2, 0.25) is 11.8 Å². The summed E-state index contributed by atoms with van der Waals surface area (Å²) < 4.78 is 29.7. The molecule has 0 spiro atoms. The zero-order valence-corrected chi connectivity index (χ0v) is 27.3. The summed E-state index contributed by atoms with van der Waals surface area (Å²) in [6, 6.07) is 17.1. The number of benzene rings is 3. The second kappa shape index (κ2) is 14.5. The molecule has 3 rings (SSSR count). The maximum absolute atomic E-state index is 14.2. The van der Waals surface area contributed by atoms with Crippen molar-refractivity contribution in [2.45, 2.75) is 64.1 Å². The van der Waals surface area contributed by atoms with E-state index in [2.05, 4.69) is 21.2 Å². The van der Waals surface area contributed by atoms with Crippen LogP contribution in [0.3, 0.4) is 0 Å². The summed E-state index contributed by atoms with van der Waals surface area (Å²) in [5.41, 5.74) is 1.67. The summed E-state index contributed by atoms with van der Waals surface area (Å²) in [5.74, 6) is -0.916. The van der Waals surface area contributed by atoms with Gasteiger partial charge in [0.05, 0.1) is 10.6 Å². The number of sulfonamides is 1. The molecule has 0 bridgehead atoms. The molecule has 2 amide bonds. The van der Waals surface area contributed by atoms with E-state index < -0.39 is 28.5 Å². The Kier molecular flexibility index (Phi) is 11.7. The number of nitrogens with one attached hydrogen (secondary N) is 1. The fourth-order valence-corrected chi connectivity index (χ4v) is 6.38. The van der Waals surface area contributed by atoms with Crippen molar-refractivity contribution >= 4 is 66.7 Å². The van der Waals surface area contributed by atoms with Crippen molar-refractivity contribution in [3.8, 4) is 0 Å². The van der Waals surface area contributed by atoms with Crippen molar-refractivity contribution < 1.29 is 18.0 Å². The van der Waals surface area contributed by atoms with Crippen LogP contribution in [0.15, 0.2) is 76.1 Å². The molecule has 3 aromatic rings. The second-order valence-electron chi connectivity index (χ2n) is 9.76. The maximum Gasteiger partial charge on any atom is 0.264 e. The third-order valence-electron chi connectivity index (χ3n) is 6.78. The Morgan fingerprint density at radius 3 is 2.05 bits per heavy atom. The molecule has 0 aliphatic carbocycles. The Morgan fingerprint density at radius 1 is 0.927 bits per heavy atom. The quantitative estimate of drug-likeness (QED) is 0.223. The van der Waals surface area contributed by atoms with Crippen LogP contribution in [-0.2, 0) is 26.2 Å². The molecule has 7 nitrogen and oxygen atoms in total. The highest BCUT2D eigenvalue weighted by Gasteiger charge is 2.34. The van der Waals surface area contributed by atoms with Gasteiger partial charge in [0.1, 0.15) is 12.6 Å². The number of anilines is 1. The summed E-state index contributed by atoms with van der Waals surface area (Å²) in [6.45, 7) is 6.86. The van der Waals surface area contributed by atoms with E-state index >= 15 is 0 Å². The standard InChI is InChI=1S/C30H34BrCl2N3O4S/c1-5-21(4)34-30(38)28(6-2)35(18-25-26(32)8-7-9-27(25)33)29(37)19-36(23-14-12-22(31)13-15-23)41(39,40)24-16-10-20(3)11-17-24/h7-17,21,28H,5-6,18-19H2,1-4H3,(H,34,38)/t21-,28+/m1/s1. The van der Waals surface area contributed by atoms with E-state index in [0.717, 1.165) is 14.3 Å². The smallest absolute Gasteiger partial charge is 0.264 e. The summed E-state index contributed by atoms with van der Waals surface area (Å²) in [6.07, 6.45) is 0.998. The third-order valence-corrected chi connectivity index (χ3v) is 9.80. The summed E-state index contributed by atoms with van der Waals surface area (Å²) in [5, 5.41) is 3.62. The molecule has 0 aliphatic heterocycles. The van der Waals surface area contributed by atoms with Gasteiger partial charge in [0.25, 0.3) is 10.0 Å². The minimum atomic E-state index is -4.16. The highest BCUT2D eigenvalue weighted by atomic mass is 79.9. The van der Waals surface area contributed by atoms with E-state index in [1.165, 1.54) is 17.0 Å². The van der Waals surface area contributed by atoms with Crippen LogP contribution in [-0.4, -0.2) is 43.8 Å². The number of carbonyl (C=O) groups is 2. The lowest BCUT2D eigenvalue weighted by molar-refractivity contribution is -0.140. The Morgan fingerprint density at radius 2 is 1.51 bits per heavy atom. The van der Waals surface area contributed by atoms with E-state index in [-0.39, 0.29) is 23.4 Å². The lowest BCUT2D eigenvalue weighted by Crippen LogP contribution is -2.53. The van der Waals surface area contributed by atoms with Crippen LogP contribution in [0.5, 0.6) is 0 Å². The molecule has 41 heavy (non-hydrogen) atoms. The van der Waals surface area contributed by atoms with Crippen molar-refractivity contribution in [2.24, 2.45) is 0 Å². The van der Waals surface area contributed by atoms with Gasteiger partial charge in [-0.3, -0.25) is 13.9 Å². The lowest BCUT2D eigenvalue weighted by Gasteiger charge is -2.34. The van der Waals surface area contributed by atoms with Crippen molar-refractivity contribution in [1.82, 2.24) is 10.2 Å². The molecule has 3 aromatic carbocycles. The van der Waals surface area contributed by atoms with Gasteiger partial charge in [0, 0.05) is 32.7 Å². The van der Waals surface area contributed by atoms with Crippen LogP contribution in [0.25, 0.3) is 0 Å². The Balaban J connectivity index is 2.09. The average molecular weight is 683 g/mol. The highest BCUT2D eigenvalue weighted by Crippen LogP contribution is 2.29. The number of carbonyl (C=O) groups excluding carboxylic acids is 2. The van der Waals surface area contributed by atoms with Crippen molar-refractivity contribution in [1.29, 1.82) is 0 Å². The second-order valence-corrected chi connectivity index (χ2v) is 13.4. The Labute approximate surface area is 261 Å². The number of rotatable bonds is 12. The fourth-order valence-electron chi connectivity index (χ4n) is 4.19. The molecule has 0 aromatic heterocycles. The van der Waals surface area contributed by atoms with Gasteiger partial charge >= 0.3 is 0 Å². The SMILES string of the molecule is CC[C@@H](C)NC(=O)[C@H](CC)N(Cc1c(Cl)cccc1Cl)C(=O)CN(c1ccc(Br)cc1)S(=O)(=O)c1ccc(C)cc1. The van der Waals surface area contributed by atoms with E-state index in [0.29, 0.717) is 34.1 Å². The van der Waals surface area contributed by atoms with Gasteiger partial charge in [-0.15, -0.1) is 0 Å². The molecule has 0 fully saturated rings. The van der Waals surface area contributed by atoms with Crippen molar-refractivity contribution in [3.63, 3.8) is 0 Å². The molecular weight excluding hydrogens is 649 g/mol. The molecule has 11 heteroatoms. The minimum Gasteiger partial charge on any atom is -0.352 e. The van der Waals surface area contributed by atoms with Crippen LogP contribution < -0.4 is 9.62 Å². The van der Waals surface area contributed by atoms with Crippen LogP contribution >= 0.6 is 39.1 Å². The van der Waals surface area contributed by atoms with Gasteiger partial charge in [0.15, 0.2) is 0 Å². The van der Waals surface area contributed by atoms with E-state index in [4.69, 9.17) is 23.2 Å².